The molecule has 0 aliphatic rings. The predicted molar refractivity (Wildman–Crippen MR) is 65.1 cm³/mol. The van der Waals surface area contributed by atoms with Gasteiger partial charge in [-0.1, -0.05) is 17.7 Å². The second-order valence-corrected chi connectivity index (χ2v) is 3.84. The minimum absolute atomic E-state index is 0.0435. The van der Waals surface area contributed by atoms with Crippen molar-refractivity contribution in [1.82, 2.24) is 4.98 Å². The summed E-state index contributed by atoms with van der Waals surface area (Å²) in [6.07, 6.45) is 1.20. The molecule has 6 heteroatoms. The molecule has 1 aromatic heterocycles. The number of anilines is 2. The molecule has 0 aliphatic heterocycles. The summed E-state index contributed by atoms with van der Waals surface area (Å²) < 4.78 is 4.76. The zero-order valence-corrected chi connectivity index (χ0v) is 9.78. The van der Waals surface area contributed by atoms with Crippen LogP contribution < -0.4 is 11.1 Å². The highest BCUT2D eigenvalue weighted by atomic mass is 35.5. The summed E-state index contributed by atoms with van der Waals surface area (Å²) in [5, 5.41) is 3.26. The first-order chi connectivity index (χ1) is 8.08. The van der Waals surface area contributed by atoms with Crippen molar-refractivity contribution in [2.75, 3.05) is 11.1 Å². The summed E-state index contributed by atoms with van der Waals surface area (Å²) in [5.74, 6) is -0.393. The summed E-state index contributed by atoms with van der Waals surface area (Å²) in [6.45, 7) is 1.81. The molecule has 88 valence electrons. The Labute approximate surface area is 103 Å². The molecule has 0 fully saturated rings. The van der Waals surface area contributed by atoms with Crippen molar-refractivity contribution in [1.29, 1.82) is 0 Å². The summed E-state index contributed by atoms with van der Waals surface area (Å²) in [7, 11) is 0. The number of hydrogen-bond acceptors (Lipinski definition) is 4. The molecule has 0 unspecified atom stereocenters. The number of nitrogens with zero attached hydrogens (tertiary/aromatic N) is 1. The fourth-order valence-electron chi connectivity index (χ4n) is 1.32. The first-order valence-electron chi connectivity index (χ1n) is 4.85. The van der Waals surface area contributed by atoms with Crippen molar-refractivity contribution < 1.29 is 9.21 Å². The standard InChI is InChI=1S/C11H10ClN3O2/c1-6-7(12)3-2-4-8(6)14-10(16)9-5-17-11(13)15-9/h2-5H,1H3,(H2,13,15)(H,14,16). The van der Waals surface area contributed by atoms with E-state index in [0.717, 1.165) is 5.56 Å². The van der Waals surface area contributed by atoms with Crippen LogP contribution in [0.15, 0.2) is 28.9 Å². The van der Waals surface area contributed by atoms with Crippen molar-refractivity contribution in [3.8, 4) is 0 Å². The Kier molecular flexibility index (Phi) is 3.01. The molecule has 3 N–H and O–H groups in total. The largest absolute Gasteiger partial charge is 0.431 e. The van der Waals surface area contributed by atoms with Crippen LogP contribution in [0.1, 0.15) is 16.1 Å². The van der Waals surface area contributed by atoms with Gasteiger partial charge in [-0.15, -0.1) is 0 Å². The second kappa shape index (κ2) is 4.47. The van der Waals surface area contributed by atoms with Crippen LogP contribution in [0.4, 0.5) is 11.7 Å². The van der Waals surface area contributed by atoms with E-state index in [-0.39, 0.29) is 11.7 Å². The fourth-order valence-corrected chi connectivity index (χ4v) is 1.50. The molecule has 0 saturated carbocycles. The van der Waals surface area contributed by atoms with Gasteiger partial charge in [0.15, 0.2) is 5.69 Å². The van der Waals surface area contributed by atoms with Crippen LogP contribution in [-0.2, 0) is 0 Å². The maximum Gasteiger partial charge on any atom is 0.292 e. The number of halogens is 1. The number of nitrogens with one attached hydrogen (secondary N) is 1. The zero-order chi connectivity index (χ0) is 12.4. The highest BCUT2D eigenvalue weighted by Gasteiger charge is 2.12. The Morgan fingerprint density at radius 3 is 2.94 bits per heavy atom. The normalized spacial score (nSPS) is 10.2. The lowest BCUT2D eigenvalue weighted by atomic mass is 10.2. The Bertz CT molecular complexity index is 566. The summed E-state index contributed by atoms with van der Waals surface area (Å²) in [4.78, 5) is 15.5. The third-order valence-electron chi connectivity index (χ3n) is 2.27. The van der Waals surface area contributed by atoms with E-state index in [9.17, 15) is 4.79 Å². The van der Waals surface area contributed by atoms with Gasteiger partial charge in [0.05, 0.1) is 0 Å². The molecule has 0 aliphatic carbocycles. The predicted octanol–water partition coefficient (Wildman–Crippen LogP) is 2.47. The molecule has 1 heterocycles. The lowest BCUT2D eigenvalue weighted by Crippen LogP contribution is -2.13. The van der Waals surface area contributed by atoms with Crippen LogP contribution in [0, 0.1) is 6.92 Å². The van der Waals surface area contributed by atoms with Crippen LogP contribution in [-0.4, -0.2) is 10.9 Å². The van der Waals surface area contributed by atoms with E-state index < -0.39 is 5.91 Å². The SMILES string of the molecule is Cc1c(Cl)cccc1NC(=O)c1coc(N)n1. The van der Waals surface area contributed by atoms with Crippen molar-refractivity contribution in [3.63, 3.8) is 0 Å². The molecule has 5 nitrogen and oxygen atoms in total. The second-order valence-electron chi connectivity index (χ2n) is 3.44. The van der Waals surface area contributed by atoms with Gasteiger partial charge in [-0.25, -0.2) is 0 Å². The summed E-state index contributed by atoms with van der Waals surface area (Å²) in [6, 6.07) is 5.21. The average molecular weight is 252 g/mol. The lowest BCUT2D eigenvalue weighted by Gasteiger charge is -2.07. The third kappa shape index (κ3) is 2.39. The molecule has 17 heavy (non-hydrogen) atoms. The minimum atomic E-state index is -0.393. The van der Waals surface area contributed by atoms with Crippen LogP contribution in [0.5, 0.6) is 0 Å². The van der Waals surface area contributed by atoms with Crippen molar-refractivity contribution in [2.45, 2.75) is 6.92 Å². The van der Waals surface area contributed by atoms with E-state index in [1.807, 2.05) is 6.92 Å². The van der Waals surface area contributed by atoms with Crippen LogP contribution >= 0.6 is 11.6 Å². The first-order valence-corrected chi connectivity index (χ1v) is 5.23. The van der Waals surface area contributed by atoms with Gasteiger partial charge in [-0.2, -0.15) is 4.98 Å². The topological polar surface area (TPSA) is 81.2 Å². The highest BCUT2D eigenvalue weighted by molar-refractivity contribution is 6.31. The molecular weight excluding hydrogens is 242 g/mol. The summed E-state index contributed by atoms with van der Waals surface area (Å²) in [5.41, 5.74) is 6.83. The Hall–Kier alpha value is -2.01. The third-order valence-corrected chi connectivity index (χ3v) is 2.68. The first kappa shape index (κ1) is 11.5. The summed E-state index contributed by atoms with van der Waals surface area (Å²) >= 11 is 5.94. The highest BCUT2D eigenvalue weighted by Crippen LogP contribution is 2.23. The molecular formula is C11H10ClN3O2. The van der Waals surface area contributed by atoms with Gasteiger partial charge < -0.3 is 15.5 Å². The zero-order valence-electron chi connectivity index (χ0n) is 9.03. The van der Waals surface area contributed by atoms with Crippen molar-refractivity contribution >= 4 is 29.2 Å². The Balaban J connectivity index is 2.21. The molecule has 2 aromatic rings. The number of rotatable bonds is 2. The van der Waals surface area contributed by atoms with Gasteiger partial charge >= 0.3 is 0 Å². The smallest absolute Gasteiger partial charge is 0.292 e. The number of oxazole rings is 1. The minimum Gasteiger partial charge on any atom is -0.431 e. The number of nitrogen functional groups attached to an aromatic ring is 1. The van der Waals surface area contributed by atoms with Gasteiger partial charge in [0.1, 0.15) is 6.26 Å². The van der Waals surface area contributed by atoms with Gasteiger partial charge in [0.2, 0.25) is 0 Å². The number of benzene rings is 1. The number of aromatic nitrogens is 1. The Morgan fingerprint density at radius 1 is 1.53 bits per heavy atom. The molecule has 1 aromatic carbocycles. The van der Waals surface area contributed by atoms with Gasteiger partial charge in [-0.3, -0.25) is 4.79 Å². The average Bonchev–Trinajstić information content (AvgIpc) is 2.72. The molecule has 0 atom stereocenters. The van der Waals surface area contributed by atoms with E-state index in [1.54, 1.807) is 18.2 Å². The maximum atomic E-state index is 11.8. The van der Waals surface area contributed by atoms with Crippen molar-refractivity contribution in [3.05, 3.63) is 40.7 Å². The quantitative estimate of drug-likeness (QED) is 0.859. The van der Waals surface area contributed by atoms with Crippen molar-refractivity contribution in [2.24, 2.45) is 0 Å². The van der Waals surface area contributed by atoms with E-state index in [2.05, 4.69) is 10.3 Å². The van der Waals surface area contributed by atoms with E-state index in [1.165, 1.54) is 6.26 Å². The van der Waals surface area contributed by atoms with Crippen LogP contribution in [0.2, 0.25) is 5.02 Å². The molecule has 1 amide bonds. The number of hydrogen-bond donors (Lipinski definition) is 2. The maximum absolute atomic E-state index is 11.8. The van der Waals surface area contributed by atoms with E-state index >= 15 is 0 Å². The lowest BCUT2D eigenvalue weighted by molar-refractivity contribution is 0.102. The van der Waals surface area contributed by atoms with Gasteiger partial charge in [0, 0.05) is 10.7 Å². The molecule has 0 spiro atoms. The fraction of sp³-hybridized carbons (Fsp3) is 0.0909. The molecule has 0 saturated heterocycles. The van der Waals surface area contributed by atoms with Crippen LogP contribution in [0.25, 0.3) is 0 Å². The Morgan fingerprint density at radius 2 is 2.29 bits per heavy atom. The molecule has 0 radical (unpaired) electrons. The number of carbonyl (C=O) groups is 1. The van der Waals surface area contributed by atoms with Crippen LogP contribution in [0.3, 0.4) is 0 Å². The number of carbonyl (C=O) groups excluding carboxylic acids is 1. The van der Waals surface area contributed by atoms with Gasteiger partial charge in [-0.05, 0) is 24.6 Å². The van der Waals surface area contributed by atoms with E-state index in [4.69, 9.17) is 21.8 Å². The molecule has 2 rings (SSSR count). The number of nitrogens with two attached hydrogens (primary N) is 1. The molecule has 0 bridgehead atoms. The van der Waals surface area contributed by atoms with E-state index in [0.29, 0.717) is 10.7 Å². The van der Waals surface area contributed by atoms with Gasteiger partial charge in [0.25, 0.3) is 11.9 Å². The monoisotopic (exact) mass is 251 g/mol. The number of amides is 1.